The maximum Gasteiger partial charge on any atom is 0.238 e. The minimum Gasteiger partial charge on any atom is -0.497 e. The van der Waals surface area contributed by atoms with Crippen molar-refractivity contribution in [3.05, 3.63) is 35.3 Å². The molecule has 1 aromatic carbocycles. The van der Waals surface area contributed by atoms with Crippen molar-refractivity contribution in [2.75, 3.05) is 50.1 Å². The zero-order chi connectivity index (χ0) is 16.9. The number of methoxy groups -OCH3 is 1. The molecule has 0 saturated carbocycles. The number of nitrogens with one attached hydrogen (secondary N) is 1. The summed E-state index contributed by atoms with van der Waals surface area (Å²) in [6.07, 6.45) is 0. The molecule has 6 nitrogen and oxygen atoms in total. The summed E-state index contributed by atoms with van der Waals surface area (Å²) in [6, 6.07) is 7.37. The van der Waals surface area contributed by atoms with Crippen molar-refractivity contribution in [1.82, 2.24) is 9.88 Å². The van der Waals surface area contributed by atoms with Crippen molar-refractivity contribution in [3.63, 3.8) is 0 Å². The number of hydrogen-bond donors (Lipinski definition) is 1. The van der Waals surface area contributed by atoms with Crippen molar-refractivity contribution < 1.29 is 9.53 Å². The number of carbonyl (C=O) groups excluding carboxylic acids is 1. The van der Waals surface area contributed by atoms with Crippen LogP contribution in [0.25, 0.3) is 0 Å². The van der Waals surface area contributed by atoms with E-state index in [0.29, 0.717) is 6.54 Å². The fourth-order valence-electron chi connectivity index (χ4n) is 2.66. The average molecular weight is 346 g/mol. The molecular weight excluding hydrogens is 324 g/mol. The number of aryl methyl sites for hydroxylation is 1. The van der Waals surface area contributed by atoms with Crippen molar-refractivity contribution in [1.29, 1.82) is 0 Å². The maximum absolute atomic E-state index is 12.2. The lowest BCUT2D eigenvalue weighted by atomic mass is 10.3. The average Bonchev–Trinajstić information content (AvgIpc) is 3.02. The molecule has 2 aromatic rings. The zero-order valence-corrected chi connectivity index (χ0v) is 14.8. The highest BCUT2D eigenvalue weighted by Crippen LogP contribution is 2.21. The quantitative estimate of drug-likeness (QED) is 0.900. The number of thiazole rings is 1. The van der Waals surface area contributed by atoms with E-state index in [9.17, 15) is 4.79 Å². The van der Waals surface area contributed by atoms with E-state index in [0.717, 1.165) is 48.4 Å². The highest BCUT2D eigenvalue weighted by atomic mass is 32.1. The van der Waals surface area contributed by atoms with Gasteiger partial charge in [0.1, 0.15) is 5.75 Å². The van der Waals surface area contributed by atoms with Gasteiger partial charge in [0.25, 0.3) is 0 Å². The molecule has 24 heavy (non-hydrogen) atoms. The molecule has 1 aliphatic rings. The van der Waals surface area contributed by atoms with E-state index in [1.165, 1.54) is 0 Å². The number of amides is 1. The first-order valence-corrected chi connectivity index (χ1v) is 8.85. The molecule has 0 aliphatic carbocycles. The Kier molecular flexibility index (Phi) is 5.32. The van der Waals surface area contributed by atoms with Crippen molar-refractivity contribution in [2.24, 2.45) is 0 Å². The number of nitrogens with zero attached hydrogens (tertiary/aromatic N) is 3. The monoisotopic (exact) mass is 346 g/mol. The summed E-state index contributed by atoms with van der Waals surface area (Å²) in [5.74, 6) is 0.792. The minimum atomic E-state index is 0.0127. The number of hydrogen-bond acceptors (Lipinski definition) is 6. The van der Waals surface area contributed by atoms with E-state index in [1.54, 1.807) is 18.4 Å². The third-order valence-corrected chi connectivity index (χ3v) is 5.01. The molecule has 0 bridgehead atoms. The number of anilines is 2. The molecule has 2 heterocycles. The molecule has 0 radical (unpaired) electrons. The summed E-state index contributed by atoms with van der Waals surface area (Å²) in [7, 11) is 1.63. The SMILES string of the molecule is COc1ccc(NC(=O)CN2CCN(c3nc(C)cs3)CC2)cc1. The van der Waals surface area contributed by atoms with Crippen LogP contribution >= 0.6 is 11.3 Å². The van der Waals surface area contributed by atoms with E-state index < -0.39 is 0 Å². The third-order valence-electron chi connectivity index (χ3n) is 3.99. The molecule has 7 heteroatoms. The summed E-state index contributed by atoms with van der Waals surface area (Å²) in [4.78, 5) is 21.2. The molecule has 1 fully saturated rings. The van der Waals surface area contributed by atoms with Crippen LogP contribution in [-0.4, -0.2) is 55.6 Å². The van der Waals surface area contributed by atoms with E-state index in [-0.39, 0.29) is 5.91 Å². The van der Waals surface area contributed by atoms with Crippen molar-refractivity contribution in [2.45, 2.75) is 6.92 Å². The first-order chi connectivity index (χ1) is 11.6. The van der Waals surface area contributed by atoms with Crippen LogP contribution in [0.3, 0.4) is 0 Å². The number of aromatic nitrogens is 1. The Morgan fingerprint density at radius 3 is 2.54 bits per heavy atom. The van der Waals surface area contributed by atoms with Gasteiger partial charge in [0.2, 0.25) is 5.91 Å². The molecular formula is C17H22N4O2S. The molecule has 1 aliphatic heterocycles. The van der Waals surface area contributed by atoms with Crippen LogP contribution in [0.4, 0.5) is 10.8 Å². The lowest BCUT2D eigenvalue weighted by molar-refractivity contribution is -0.117. The van der Waals surface area contributed by atoms with Gasteiger partial charge < -0.3 is 15.0 Å². The molecule has 128 valence electrons. The largest absolute Gasteiger partial charge is 0.497 e. The lowest BCUT2D eigenvalue weighted by Crippen LogP contribution is -2.48. The molecule has 1 aromatic heterocycles. The van der Waals surface area contributed by atoms with Gasteiger partial charge in [-0.25, -0.2) is 4.98 Å². The highest BCUT2D eigenvalue weighted by molar-refractivity contribution is 7.13. The lowest BCUT2D eigenvalue weighted by Gasteiger charge is -2.34. The first-order valence-electron chi connectivity index (χ1n) is 7.97. The Balaban J connectivity index is 1.45. The van der Waals surface area contributed by atoms with Crippen molar-refractivity contribution >= 4 is 28.1 Å². The van der Waals surface area contributed by atoms with Crippen LogP contribution in [0.1, 0.15) is 5.69 Å². The van der Waals surface area contributed by atoms with Gasteiger partial charge >= 0.3 is 0 Å². The summed E-state index contributed by atoms with van der Waals surface area (Å²) in [5.41, 5.74) is 1.86. The predicted octanol–water partition coefficient (Wildman–Crippen LogP) is 2.22. The number of rotatable bonds is 5. The molecule has 1 N–H and O–H groups in total. The molecule has 0 unspecified atom stereocenters. The maximum atomic E-state index is 12.2. The summed E-state index contributed by atoms with van der Waals surface area (Å²) in [6.45, 7) is 5.98. The smallest absolute Gasteiger partial charge is 0.238 e. The zero-order valence-electron chi connectivity index (χ0n) is 14.0. The fourth-order valence-corrected chi connectivity index (χ4v) is 3.52. The number of benzene rings is 1. The molecule has 1 amide bonds. The van der Waals surface area contributed by atoms with Crippen LogP contribution in [0, 0.1) is 6.92 Å². The van der Waals surface area contributed by atoms with Crippen LogP contribution in [0.5, 0.6) is 5.75 Å². The summed E-state index contributed by atoms with van der Waals surface area (Å²) < 4.78 is 5.11. The first kappa shape index (κ1) is 16.7. The summed E-state index contributed by atoms with van der Waals surface area (Å²) in [5, 5.41) is 6.08. The summed E-state index contributed by atoms with van der Waals surface area (Å²) >= 11 is 1.68. The Hall–Kier alpha value is -2.12. The topological polar surface area (TPSA) is 57.7 Å². The van der Waals surface area contributed by atoms with Gasteiger partial charge in [-0.05, 0) is 31.2 Å². The fraction of sp³-hybridized carbons (Fsp3) is 0.412. The van der Waals surface area contributed by atoms with Crippen LogP contribution in [-0.2, 0) is 4.79 Å². The minimum absolute atomic E-state index is 0.0127. The van der Waals surface area contributed by atoms with Gasteiger partial charge in [0, 0.05) is 37.2 Å². The molecule has 0 atom stereocenters. The van der Waals surface area contributed by atoms with E-state index >= 15 is 0 Å². The second-order valence-electron chi connectivity index (χ2n) is 5.81. The van der Waals surface area contributed by atoms with Gasteiger partial charge in [0.05, 0.1) is 19.3 Å². The van der Waals surface area contributed by atoms with Gasteiger partial charge in [-0.1, -0.05) is 0 Å². The number of ether oxygens (including phenoxy) is 1. The second kappa shape index (κ2) is 7.63. The van der Waals surface area contributed by atoms with Crippen LogP contribution < -0.4 is 15.0 Å². The standard InChI is InChI=1S/C17H22N4O2S/c1-13-12-24-17(18-13)21-9-7-20(8-10-21)11-16(22)19-14-3-5-15(23-2)6-4-14/h3-6,12H,7-11H2,1-2H3,(H,19,22). The van der Waals surface area contributed by atoms with Gasteiger partial charge in [-0.3, -0.25) is 9.69 Å². The van der Waals surface area contributed by atoms with Gasteiger partial charge in [0.15, 0.2) is 5.13 Å². The molecule has 0 spiro atoms. The normalized spacial score (nSPS) is 15.3. The molecule has 3 rings (SSSR count). The number of piperazine rings is 1. The van der Waals surface area contributed by atoms with Gasteiger partial charge in [-0.15, -0.1) is 11.3 Å². The Labute approximate surface area is 146 Å². The molecule has 1 saturated heterocycles. The van der Waals surface area contributed by atoms with Crippen molar-refractivity contribution in [3.8, 4) is 5.75 Å². The highest BCUT2D eigenvalue weighted by Gasteiger charge is 2.20. The third kappa shape index (κ3) is 4.24. The Morgan fingerprint density at radius 2 is 1.96 bits per heavy atom. The second-order valence-corrected chi connectivity index (χ2v) is 6.65. The van der Waals surface area contributed by atoms with Crippen LogP contribution in [0.15, 0.2) is 29.6 Å². The van der Waals surface area contributed by atoms with E-state index in [4.69, 9.17) is 4.74 Å². The van der Waals surface area contributed by atoms with Crippen LogP contribution in [0.2, 0.25) is 0 Å². The Bertz CT molecular complexity index is 678. The van der Waals surface area contributed by atoms with E-state index in [1.807, 2.05) is 31.2 Å². The number of carbonyl (C=O) groups is 1. The predicted molar refractivity (Wildman–Crippen MR) is 97.1 cm³/mol. The van der Waals surface area contributed by atoms with Gasteiger partial charge in [-0.2, -0.15) is 0 Å². The van der Waals surface area contributed by atoms with E-state index in [2.05, 4.69) is 25.5 Å². The Morgan fingerprint density at radius 1 is 1.25 bits per heavy atom.